The van der Waals surface area contributed by atoms with Crippen LogP contribution >= 0.6 is 0 Å². The Balaban J connectivity index is 3.25. The molecule has 74 valence electrons. The number of nitrogens with two attached hydrogens (primary N) is 1. The Kier molecular flexibility index (Phi) is 6.61. The van der Waals surface area contributed by atoms with Gasteiger partial charge in [0.25, 0.3) is 0 Å². The summed E-state index contributed by atoms with van der Waals surface area (Å²) < 4.78 is 20.6. The maximum Gasteiger partial charge on any atom is 0.0676 e. The molecule has 0 bridgehead atoms. The van der Waals surface area contributed by atoms with Crippen molar-refractivity contribution in [3.05, 3.63) is 0 Å². The zero-order valence-corrected chi connectivity index (χ0v) is 8.60. The van der Waals surface area contributed by atoms with Gasteiger partial charge in [-0.05, 0) is 23.4 Å². The van der Waals surface area contributed by atoms with Crippen LogP contribution in [-0.4, -0.2) is 14.1 Å². The monoisotopic (exact) mass is 192 g/mol. The Bertz CT molecular complexity index is 139. The summed E-state index contributed by atoms with van der Waals surface area (Å²) in [5, 5.41) is -0.669. The minimum absolute atomic E-state index is 0.586. The van der Waals surface area contributed by atoms with Crippen molar-refractivity contribution in [2.45, 2.75) is 44.9 Å². The molecule has 0 radical (unpaired) electrons. The standard InChI is InChI=1S/C8H19NO2S/c1-7(2)5-3-4-6-8(9)12(10)11/h7-8H,3-6,9H2,1-2H3,(H,10,11)/p-1. The van der Waals surface area contributed by atoms with Crippen LogP contribution in [0.2, 0.25) is 0 Å². The van der Waals surface area contributed by atoms with Crippen molar-refractivity contribution in [3.63, 3.8) is 0 Å². The van der Waals surface area contributed by atoms with Gasteiger partial charge in [-0.2, -0.15) is 0 Å². The molecule has 2 atom stereocenters. The van der Waals surface area contributed by atoms with Gasteiger partial charge in [-0.3, -0.25) is 4.21 Å². The van der Waals surface area contributed by atoms with E-state index in [-0.39, 0.29) is 0 Å². The fraction of sp³-hybridized carbons (Fsp3) is 1.00. The molecule has 0 amide bonds. The first-order valence-corrected chi connectivity index (χ1v) is 5.51. The second kappa shape index (κ2) is 6.57. The van der Waals surface area contributed by atoms with Gasteiger partial charge in [-0.25, -0.2) is 0 Å². The van der Waals surface area contributed by atoms with Crippen LogP contribution in [0.3, 0.4) is 0 Å². The van der Waals surface area contributed by atoms with Crippen molar-refractivity contribution in [2.75, 3.05) is 0 Å². The first-order valence-electron chi connectivity index (χ1n) is 4.37. The lowest BCUT2D eigenvalue weighted by atomic mass is 10.1. The first kappa shape index (κ1) is 12.1. The van der Waals surface area contributed by atoms with Crippen LogP contribution in [0.1, 0.15) is 39.5 Å². The van der Waals surface area contributed by atoms with Gasteiger partial charge >= 0.3 is 0 Å². The third-order valence-electron chi connectivity index (χ3n) is 1.77. The van der Waals surface area contributed by atoms with E-state index in [1.165, 1.54) is 0 Å². The number of rotatable bonds is 6. The first-order chi connectivity index (χ1) is 5.54. The van der Waals surface area contributed by atoms with Gasteiger partial charge in [0.2, 0.25) is 0 Å². The third-order valence-corrected chi connectivity index (χ3v) is 2.50. The Morgan fingerprint density at radius 3 is 2.25 bits per heavy atom. The third kappa shape index (κ3) is 6.76. The molecule has 2 unspecified atom stereocenters. The molecule has 2 N–H and O–H groups in total. The highest BCUT2D eigenvalue weighted by Crippen LogP contribution is 2.09. The lowest BCUT2D eigenvalue weighted by molar-refractivity contribution is 0.496. The molecule has 0 rings (SSSR count). The van der Waals surface area contributed by atoms with Gasteiger partial charge in [0.1, 0.15) is 0 Å². The summed E-state index contributed by atoms with van der Waals surface area (Å²) in [6.07, 6.45) is 3.72. The van der Waals surface area contributed by atoms with Crippen molar-refractivity contribution in [2.24, 2.45) is 11.7 Å². The Hall–Kier alpha value is 0.0700. The smallest absolute Gasteiger partial charge is 0.0676 e. The molecule has 0 aliphatic rings. The van der Waals surface area contributed by atoms with Gasteiger partial charge in [-0.1, -0.05) is 33.1 Å². The van der Waals surface area contributed by atoms with Crippen molar-refractivity contribution in [3.8, 4) is 0 Å². The fourth-order valence-corrected chi connectivity index (χ4v) is 1.35. The van der Waals surface area contributed by atoms with Crippen LogP contribution < -0.4 is 5.73 Å². The van der Waals surface area contributed by atoms with Crippen molar-refractivity contribution < 1.29 is 8.76 Å². The van der Waals surface area contributed by atoms with E-state index in [0.717, 1.165) is 19.3 Å². The average molecular weight is 192 g/mol. The highest BCUT2D eigenvalue weighted by molar-refractivity contribution is 7.79. The van der Waals surface area contributed by atoms with Gasteiger partial charge in [-0.15, -0.1) is 0 Å². The van der Waals surface area contributed by atoms with E-state index in [0.29, 0.717) is 12.3 Å². The molecule has 0 aromatic heterocycles. The normalized spacial score (nSPS) is 16.4. The zero-order chi connectivity index (χ0) is 9.56. The zero-order valence-electron chi connectivity index (χ0n) is 7.79. The lowest BCUT2D eigenvalue weighted by Crippen LogP contribution is -2.25. The molecule has 0 spiro atoms. The van der Waals surface area contributed by atoms with E-state index in [9.17, 15) is 8.76 Å². The van der Waals surface area contributed by atoms with E-state index in [2.05, 4.69) is 13.8 Å². The minimum Gasteiger partial charge on any atom is -0.771 e. The van der Waals surface area contributed by atoms with E-state index in [4.69, 9.17) is 5.73 Å². The number of hydrogen-bond acceptors (Lipinski definition) is 3. The summed E-state index contributed by atoms with van der Waals surface area (Å²) >= 11 is -2.10. The molecule has 0 aromatic rings. The second-order valence-corrected chi connectivity index (χ2v) is 4.60. The predicted octanol–water partition coefficient (Wildman–Crippen LogP) is 1.37. The summed E-state index contributed by atoms with van der Waals surface area (Å²) in [5.74, 6) is 0.693. The summed E-state index contributed by atoms with van der Waals surface area (Å²) in [6.45, 7) is 4.32. The van der Waals surface area contributed by atoms with Crippen LogP contribution in [0.5, 0.6) is 0 Å². The highest BCUT2D eigenvalue weighted by Gasteiger charge is 2.01. The summed E-state index contributed by atoms with van der Waals surface area (Å²) in [6, 6.07) is 0. The molecule has 0 aromatic carbocycles. The van der Waals surface area contributed by atoms with Crippen LogP contribution in [-0.2, 0) is 11.1 Å². The molecule has 3 nitrogen and oxygen atoms in total. The summed E-state index contributed by atoms with van der Waals surface area (Å²) in [5.41, 5.74) is 5.32. The van der Waals surface area contributed by atoms with Gasteiger partial charge in [0.15, 0.2) is 0 Å². The Morgan fingerprint density at radius 1 is 1.33 bits per heavy atom. The molecule has 0 heterocycles. The largest absolute Gasteiger partial charge is 0.771 e. The van der Waals surface area contributed by atoms with Gasteiger partial charge < -0.3 is 10.3 Å². The Labute approximate surface area is 77.0 Å². The molecule has 0 aliphatic heterocycles. The molecule has 0 fully saturated rings. The maximum absolute atomic E-state index is 10.3. The molecular formula is C8H18NO2S-. The fourth-order valence-electron chi connectivity index (χ4n) is 0.994. The molecular weight excluding hydrogens is 174 g/mol. The SMILES string of the molecule is CC(C)CCCCC(N)S(=O)[O-]. The maximum atomic E-state index is 10.3. The Morgan fingerprint density at radius 2 is 1.83 bits per heavy atom. The van der Waals surface area contributed by atoms with Crippen molar-refractivity contribution in [1.82, 2.24) is 0 Å². The van der Waals surface area contributed by atoms with E-state index in [1.54, 1.807) is 0 Å². The van der Waals surface area contributed by atoms with Crippen molar-refractivity contribution in [1.29, 1.82) is 0 Å². The predicted molar refractivity (Wildman–Crippen MR) is 50.2 cm³/mol. The van der Waals surface area contributed by atoms with Crippen LogP contribution in [0.4, 0.5) is 0 Å². The quantitative estimate of drug-likeness (QED) is 0.510. The molecule has 0 saturated carbocycles. The van der Waals surface area contributed by atoms with Crippen LogP contribution in [0, 0.1) is 5.92 Å². The summed E-state index contributed by atoms with van der Waals surface area (Å²) in [7, 11) is 0. The van der Waals surface area contributed by atoms with Crippen LogP contribution in [0.15, 0.2) is 0 Å². The van der Waals surface area contributed by atoms with Crippen molar-refractivity contribution >= 4 is 11.1 Å². The topological polar surface area (TPSA) is 66.2 Å². The number of unbranched alkanes of at least 4 members (excludes halogenated alkanes) is 1. The second-order valence-electron chi connectivity index (χ2n) is 3.48. The molecule has 12 heavy (non-hydrogen) atoms. The summed E-state index contributed by atoms with van der Waals surface area (Å²) in [4.78, 5) is 0. The average Bonchev–Trinajstić information content (AvgIpc) is 1.97. The van der Waals surface area contributed by atoms with E-state index >= 15 is 0 Å². The van der Waals surface area contributed by atoms with E-state index in [1.807, 2.05) is 0 Å². The molecule has 0 saturated heterocycles. The minimum atomic E-state index is -2.10. The molecule has 4 heteroatoms. The highest BCUT2D eigenvalue weighted by atomic mass is 32.2. The van der Waals surface area contributed by atoms with Crippen LogP contribution in [0.25, 0.3) is 0 Å². The number of hydrogen-bond donors (Lipinski definition) is 1. The molecule has 0 aliphatic carbocycles. The van der Waals surface area contributed by atoms with E-state index < -0.39 is 16.5 Å². The van der Waals surface area contributed by atoms with Gasteiger partial charge in [0, 0.05) is 0 Å². The van der Waals surface area contributed by atoms with Gasteiger partial charge in [0.05, 0.1) is 5.37 Å². The lowest BCUT2D eigenvalue weighted by Gasteiger charge is -2.14.